The fraction of sp³-hybridized carbons (Fsp3) is 0.273. The maximum atomic E-state index is 5.98. The number of nitrogens with zero attached hydrogens (tertiary/aromatic N) is 2. The fourth-order valence-corrected chi connectivity index (χ4v) is 1.74. The molecule has 0 unspecified atom stereocenters. The molecule has 0 fully saturated rings. The van der Waals surface area contributed by atoms with Crippen LogP contribution in [0.4, 0.5) is 0 Å². The van der Waals surface area contributed by atoms with Crippen molar-refractivity contribution in [3.8, 4) is 0 Å². The SMILES string of the molecule is CN=CC(Br)=C(N)c1cc(C)nc(C)c1. The minimum atomic E-state index is 0.675. The first-order valence-corrected chi connectivity index (χ1v) is 5.37. The monoisotopic (exact) mass is 267 g/mol. The van der Waals surface area contributed by atoms with E-state index in [2.05, 4.69) is 25.9 Å². The molecule has 0 radical (unpaired) electrons. The number of aryl methyl sites for hydroxylation is 2. The van der Waals surface area contributed by atoms with Crippen molar-refractivity contribution >= 4 is 27.8 Å². The molecule has 1 rings (SSSR count). The van der Waals surface area contributed by atoms with E-state index in [-0.39, 0.29) is 0 Å². The maximum absolute atomic E-state index is 5.98. The molecule has 2 N–H and O–H groups in total. The molecule has 0 aromatic carbocycles. The number of allylic oxidation sites excluding steroid dienone is 1. The van der Waals surface area contributed by atoms with E-state index in [9.17, 15) is 0 Å². The van der Waals surface area contributed by atoms with E-state index in [1.807, 2.05) is 26.0 Å². The van der Waals surface area contributed by atoms with Crippen LogP contribution in [-0.2, 0) is 0 Å². The second-order valence-electron chi connectivity index (χ2n) is 3.29. The van der Waals surface area contributed by atoms with Gasteiger partial charge in [0.1, 0.15) is 0 Å². The fourth-order valence-electron chi connectivity index (χ4n) is 1.31. The van der Waals surface area contributed by atoms with Crippen LogP contribution in [0.1, 0.15) is 17.0 Å². The van der Waals surface area contributed by atoms with Crippen molar-refractivity contribution in [2.75, 3.05) is 7.05 Å². The van der Waals surface area contributed by atoms with Crippen LogP contribution in [0.5, 0.6) is 0 Å². The van der Waals surface area contributed by atoms with Gasteiger partial charge in [0.15, 0.2) is 0 Å². The third kappa shape index (κ3) is 3.16. The van der Waals surface area contributed by atoms with Gasteiger partial charge >= 0.3 is 0 Å². The maximum Gasteiger partial charge on any atom is 0.0589 e. The summed E-state index contributed by atoms with van der Waals surface area (Å²) in [4.78, 5) is 8.20. The smallest absolute Gasteiger partial charge is 0.0589 e. The lowest BCUT2D eigenvalue weighted by Gasteiger charge is -2.05. The minimum absolute atomic E-state index is 0.675. The van der Waals surface area contributed by atoms with Gasteiger partial charge in [-0.1, -0.05) is 0 Å². The average Bonchev–Trinajstić information content (AvgIpc) is 2.15. The Bertz CT molecular complexity index is 402. The highest BCUT2D eigenvalue weighted by molar-refractivity contribution is 9.12. The Morgan fingerprint density at radius 3 is 2.40 bits per heavy atom. The summed E-state index contributed by atoms with van der Waals surface area (Å²) in [6.45, 7) is 3.90. The molecule has 0 spiro atoms. The van der Waals surface area contributed by atoms with E-state index in [4.69, 9.17) is 5.73 Å². The van der Waals surface area contributed by atoms with Crippen molar-refractivity contribution in [2.45, 2.75) is 13.8 Å². The highest BCUT2D eigenvalue weighted by Gasteiger charge is 2.03. The number of hydrogen-bond donors (Lipinski definition) is 1. The summed E-state index contributed by atoms with van der Waals surface area (Å²) in [5.41, 5.74) is 9.54. The molecular weight excluding hydrogens is 254 g/mol. The zero-order valence-electron chi connectivity index (χ0n) is 9.08. The molecule has 0 saturated carbocycles. The summed E-state index contributed by atoms with van der Waals surface area (Å²) in [6.07, 6.45) is 1.68. The van der Waals surface area contributed by atoms with Crippen LogP contribution in [0.2, 0.25) is 0 Å². The number of nitrogens with two attached hydrogens (primary N) is 1. The topological polar surface area (TPSA) is 51.3 Å². The van der Waals surface area contributed by atoms with E-state index < -0.39 is 0 Å². The molecule has 0 amide bonds. The molecule has 4 heteroatoms. The lowest BCUT2D eigenvalue weighted by molar-refractivity contribution is 1.11. The summed E-state index contributed by atoms with van der Waals surface area (Å²) < 4.78 is 0.787. The van der Waals surface area contributed by atoms with Crippen LogP contribution < -0.4 is 5.73 Å². The van der Waals surface area contributed by atoms with Crippen molar-refractivity contribution < 1.29 is 0 Å². The molecule has 1 aromatic heterocycles. The van der Waals surface area contributed by atoms with Gasteiger partial charge < -0.3 is 5.73 Å². The highest BCUT2D eigenvalue weighted by Crippen LogP contribution is 2.18. The number of pyridine rings is 1. The molecule has 3 nitrogen and oxygen atoms in total. The first kappa shape index (κ1) is 11.9. The van der Waals surface area contributed by atoms with Crippen molar-refractivity contribution in [1.29, 1.82) is 0 Å². The summed E-state index contributed by atoms with van der Waals surface area (Å²) in [7, 11) is 1.71. The standard InChI is InChI=1S/C11H14BrN3/c1-7-4-9(5-8(2)15-7)11(13)10(12)6-14-3/h4-6H,13H2,1-3H3. The van der Waals surface area contributed by atoms with Gasteiger partial charge in [-0.05, 0) is 41.9 Å². The molecule has 0 aliphatic carbocycles. The zero-order chi connectivity index (χ0) is 11.4. The van der Waals surface area contributed by atoms with Gasteiger partial charge in [0.2, 0.25) is 0 Å². The number of aliphatic imine (C=N–C) groups is 1. The van der Waals surface area contributed by atoms with Crippen LogP contribution in [0.25, 0.3) is 5.70 Å². The second kappa shape index (κ2) is 5.07. The molecule has 0 aliphatic rings. The molecule has 15 heavy (non-hydrogen) atoms. The predicted octanol–water partition coefficient (Wildman–Crippen LogP) is 2.42. The quantitative estimate of drug-likeness (QED) is 0.837. The lowest BCUT2D eigenvalue weighted by Crippen LogP contribution is -2.01. The molecule has 80 valence electrons. The first-order valence-electron chi connectivity index (χ1n) is 4.57. The molecule has 1 aromatic rings. The van der Waals surface area contributed by atoms with Crippen molar-refractivity contribution in [3.63, 3.8) is 0 Å². The first-order chi connectivity index (χ1) is 7.04. The van der Waals surface area contributed by atoms with Gasteiger partial charge in [-0.15, -0.1) is 0 Å². The van der Waals surface area contributed by atoms with Gasteiger partial charge in [-0.2, -0.15) is 0 Å². The Kier molecular flexibility index (Phi) is 4.03. The summed E-state index contributed by atoms with van der Waals surface area (Å²) in [6, 6.07) is 3.90. The van der Waals surface area contributed by atoms with Crippen LogP contribution >= 0.6 is 15.9 Å². The van der Waals surface area contributed by atoms with Crippen molar-refractivity contribution in [2.24, 2.45) is 10.7 Å². The number of halogens is 1. The van der Waals surface area contributed by atoms with Gasteiger partial charge in [-0.25, -0.2) is 0 Å². The molecule has 0 bridgehead atoms. The Labute approximate surface area is 98.3 Å². The third-order valence-electron chi connectivity index (χ3n) is 1.89. The van der Waals surface area contributed by atoms with Crippen LogP contribution in [0.3, 0.4) is 0 Å². The Balaban J connectivity index is 3.21. The normalized spacial score (nSPS) is 13.1. The second-order valence-corrected chi connectivity index (χ2v) is 4.14. The minimum Gasteiger partial charge on any atom is -0.397 e. The summed E-state index contributed by atoms with van der Waals surface area (Å²) >= 11 is 3.37. The Hall–Kier alpha value is -1.16. The Morgan fingerprint density at radius 2 is 1.93 bits per heavy atom. The van der Waals surface area contributed by atoms with Gasteiger partial charge in [-0.3, -0.25) is 9.98 Å². The van der Waals surface area contributed by atoms with E-state index >= 15 is 0 Å². The van der Waals surface area contributed by atoms with Crippen LogP contribution in [0, 0.1) is 13.8 Å². The van der Waals surface area contributed by atoms with E-state index in [1.54, 1.807) is 13.3 Å². The van der Waals surface area contributed by atoms with E-state index in [0.717, 1.165) is 21.4 Å². The molecule has 0 aliphatic heterocycles. The summed E-state index contributed by atoms with van der Waals surface area (Å²) in [5.74, 6) is 0. The third-order valence-corrected chi connectivity index (χ3v) is 2.52. The average molecular weight is 268 g/mol. The molecule has 1 heterocycles. The van der Waals surface area contributed by atoms with E-state index in [1.165, 1.54) is 0 Å². The number of rotatable bonds is 2. The summed E-state index contributed by atoms with van der Waals surface area (Å²) in [5, 5.41) is 0. The van der Waals surface area contributed by atoms with Crippen molar-refractivity contribution in [3.05, 3.63) is 33.6 Å². The predicted molar refractivity (Wildman–Crippen MR) is 68.2 cm³/mol. The van der Waals surface area contributed by atoms with Gasteiger partial charge in [0.05, 0.1) is 10.2 Å². The van der Waals surface area contributed by atoms with Gasteiger partial charge in [0, 0.05) is 30.2 Å². The molecule has 0 saturated heterocycles. The Morgan fingerprint density at radius 1 is 1.40 bits per heavy atom. The molecule has 0 atom stereocenters. The highest BCUT2D eigenvalue weighted by atomic mass is 79.9. The molecular formula is C11H14BrN3. The zero-order valence-corrected chi connectivity index (χ0v) is 10.7. The lowest BCUT2D eigenvalue weighted by atomic mass is 10.1. The van der Waals surface area contributed by atoms with Gasteiger partial charge in [0.25, 0.3) is 0 Å². The largest absolute Gasteiger partial charge is 0.397 e. The number of aromatic nitrogens is 1. The van der Waals surface area contributed by atoms with Crippen LogP contribution in [0.15, 0.2) is 21.6 Å². The van der Waals surface area contributed by atoms with Crippen molar-refractivity contribution in [1.82, 2.24) is 4.98 Å². The number of hydrogen-bond acceptors (Lipinski definition) is 3. The van der Waals surface area contributed by atoms with E-state index in [0.29, 0.717) is 5.70 Å². The van der Waals surface area contributed by atoms with Crippen LogP contribution in [-0.4, -0.2) is 18.2 Å².